The number of nitro benzene ring substituents is 1. The molecule has 2 aromatic rings. The summed E-state index contributed by atoms with van der Waals surface area (Å²) in [5.41, 5.74) is 0.618. The highest BCUT2D eigenvalue weighted by atomic mass is 35.5. The van der Waals surface area contributed by atoms with Gasteiger partial charge in [0.15, 0.2) is 6.04 Å². The molecule has 0 amide bonds. The quantitative estimate of drug-likeness (QED) is 0.517. The topological polar surface area (TPSA) is 107 Å². The van der Waals surface area contributed by atoms with E-state index in [0.29, 0.717) is 16.6 Å². The van der Waals surface area contributed by atoms with Crippen LogP contribution in [-0.2, 0) is 14.3 Å². The summed E-state index contributed by atoms with van der Waals surface area (Å²) in [5.74, 6) is -0.257. The molecule has 0 saturated heterocycles. The van der Waals surface area contributed by atoms with E-state index in [0.717, 1.165) is 0 Å². The van der Waals surface area contributed by atoms with Crippen molar-refractivity contribution in [1.29, 1.82) is 0 Å². The largest absolute Gasteiger partial charge is 0.473 e. The molecule has 9 heteroatoms. The number of halogens is 1. The third kappa shape index (κ3) is 3.05. The van der Waals surface area contributed by atoms with Crippen molar-refractivity contribution in [1.82, 2.24) is 4.98 Å². The lowest BCUT2D eigenvalue weighted by molar-refractivity contribution is -0.383. The van der Waals surface area contributed by atoms with Gasteiger partial charge >= 0.3 is 5.97 Å². The van der Waals surface area contributed by atoms with Crippen LogP contribution in [0.5, 0.6) is 0 Å². The van der Waals surface area contributed by atoms with Gasteiger partial charge in [-0.3, -0.25) is 10.1 Å². The number of esters is 1. The highest BCUT2D eigenvalue weighted by Crippen LogP contribution is 2.30. The molecule has 1 unspecified atom stereocenters. The number of fused-ring (bicyclic) bond motifs is 1. The summed E-state index contributed by atoms with van der Waals surface area (Å²) in [6, 6.07) is 3.77. The summed E-state index contributed by atoms with van der Waals surface area (Å²) < 4.78 is 10.5. The van der Waals surface area contributed by atoms with Crippen molar-refractivity contribution in [3.8, 4) is 0 Å². The van der Waals surface area contributed by atoms with Crippen LogP contribution in [0.25, 0.3) is 10.9 Å². The Labute approximate surface area is 141 Å². The van der Waals surface area contributed by atoms with Gasteiger partial charge in [-0.05, 0) is 26.0 Å². The smallest absolute Gasteiger partial charge is 0.334 e. The van der Waals surface area contributed by atoms with Crippen molar-refractivity contribution in [2.45, 2.75) is 26.0 Å². The second-order valence-electron chi connectivity index (χ2n) is 5.58. The molecule has 1 aliphatic rings. The number of benzene rings is 1. The van der Waals surface area contributed by atoms with E-state index < -0.39 is 16.9 Å². The summed E-state index contributed by atoms with van der Waals surface area (Å²) >= 11 is 5.91. The lowest BCUT2D eigenvalue weighted by Crippen LogP contribution is -2.25. The normalized spacial score (nSPS) is 17.0. The molecule has 2 heterocycles. The number of non-ortho nitro benzene ring substituents is 1. The zero-order chi connectivity index (χ0) is 17.4. The van der Waals surface area contributed by atoms with Crippen LogP contribution in [0.15, 0.2) is 23.2 Å². The molecule has 0 fully saturated rings. The molecule has 0 radical (unpaired) electrons. The molecule has 1 aromatic heterocycles. The number of rotatable bonds is 4. The van der Waals surface area contributed by atoms with Gasteiger partial charge in [0.05, 0.1) is 11.0 Å². The molecule has 8 nitrogen and oxygen atoms in total. The minimum Gasteiger partial charge on any atom is -0.473 e. The summed E-state index contributed by atoms with van der Waals surface area (Å²) in [6.07, 6.45) is -0.241. The van der Waals surface area contributed by atoms with E-state index in [9.17, 15) is 14.9 Å². The van der Waals surface area contributed by atoms with E-state index in [1.54, 1.807) is 26.0 Å². The Morgan fingerprint density at radius 2 is 2.25 bits per heavy atom. The van der Waals surface area contributed by atoms with Crippen molar-refractivity contribution in [2.75, 3.05) is 6.61 Å². The van der Waals surface area contributed by atoms with Crippen molar-refractivity contribution in [3.05, 3.63) is 39.0 Å². The molecule has 0 spiro atoms. The van der Waals surface area contributed by atoms with Gasteiger partial charge in [-0.25, -0.2) is 9.79 Å². The van der Waals surface area contributed by atoms with Gasteiger partial charge in [-0.1, -0.05) is 11.6 Å². The molecular weight excluding hydrogens is 338 g/mol. The van der Waals surface area contributed by atoms with Crippen LogP contribution in [-0.4, -0.2) is 40.5 Å². The maximum absolute atomic E-state index is 11.9. The van der Waals surface area contributed by atoms with E-state index in [4.69, 9.17) is 21.1 Å². The number of hydrogen-bond donors (Lipinski definition) is 1. The third-order valence-corrected chi connectivity index (χ3v) is 3.59. The lowest BCUT2D eigenvalue weighted by Gasteiger charge is -2.09. The van der Waals surface area contributed by atoms with Crippen LogP contribution < -0.4 is 0 Å². The number of aromatic nitrogens is 1. The Morgan fingerprint density at radius 3 is 2.92 bits per heavy atom. The number of H-pyrrole nitrogens is 1. The van der Waals surface area contributed by atoms with Crippen molar-refractivity contribution in [3.63, 3.8) is 0 Å². The fourth-order valence-electron chi connectivity index (χ4n) is 2.40. The summed E-state index contributed by atoms with van der Waals surface area (Å²) in [7, 11) is 0. The molecular formula is C15H14ClN3O5. The number of ether oxygens (including phenoxy) is 2. The Balaban J connectivity index is 1.95. The number of carbonyl (C=O) groups is 1. The number of nitro groups is 1. The van der Waals surface area contributed by atoms with Gasteiger partial charge < -0.3 is 14.5 Å². The molecule has 0 saturated carbocycles. The first-order valence-electron chi connectivity index (χ1n) is 7.23. The highest BCUT2D eigenvalue weighted by molar-refractivity contribution is 6.31. The van der Waals surface area contributed by atoms with Crippen molar-refractivity contribution in [2.24, 2.45) is 4.99 Å². The van der Waals surface area contributed by atoms with Crippen LogP contribution in [0.2, 0.25) is 5.02 Å². The Morgan fingerprint density at radius 1 is 1.50 bits per heavy atom. The lowest BCUT2D eigenvalue weighted by atomic mass is 10.2. The van der Waals surface area contributed by atoms with Crippen LogP contribution in [0.1, 0.15) is 19.5 Å². The predicted octanol–water partition coefficient (Wildman–Crippen LogP) is 2.83. The molecule has 1 atom stereocenters. The molecule has 24 heavy (non-hydrogen) atoms. The van der Waals surface area contributed by atoms with Crippen LogP contribution in [0.3, 0.4) is 0 Å². The summed E-state index contributed by atoms with van der Waals surface area (Å²) in [6.45, 7) is 3.57. The maximum atomic E-state index is 11.9. The van der Waals surface area contributed by atoms with Crippen molar-refractivity contribution < 1.29 is 19.2 Å². The van der Waals surface area contributed by atoms with Crippen LogP contribution in [0.4, 0.5) is 5.69 Å². The molecule has 1 N–H and O–H groups in total. The number of carbonyl (C=O) groups excluding carboxylic acids is 1. The first-order chi connectivity index (χ1) is 11.3. The zero-order valence-electron chi connectivity index (χ0n) is 12.9. The zero-order valence-corrected chi connectivity index (χ0v) is 13.7. The SMILES string of the molecule is CC(C)OC(=O)C1COC(c2cc3cc(Cl)cc([N+](=O)[O-])c3[nH]2)=N1. The molecule has 0 aliphatic carbocycles. The minimum absolute atomic E-state index is 0.0686. The number of aromatic amines is 1. The van der Waals surface area contributed by atoms with E-state index in [-0.39, 0.29) is 29.3 Å². The third-order valence-electron chi connectivity index (χ3n) is 3.37. The van der Waals surface area contributed by atoms with Crippen LogP contribution in [0, 0.1) is 10.1 Å². The number of hydrogen-bond acceptors (Lipinski definition) is 6. The first kappa shape index (κ1) is 16.3. The van der Waals surface area contributed by atoms with Crippen LogP contribution >= 0.6 is 11.6 Å². The van der Waals surface area contributed by atoms with E-state index in [1.807, 2.05) is 0 Å². The van der Waals surface area contributed by atoms with Gasteiger partial charge in [0.1, 0.15) is 17.8 Å². The Hall–Kier alpha value is -2.61. The molecule has 1 aromatic carbocycles. The molecule has 0 bridgehead atoms. The van der Waals surface area contributed by atoms with Gasteiger partial charge in [0, 0.05) is 16.5 Å². The van der Waals surface area contributed by atoms with Crippen molar-refractivity contribution >= 4 is 40.1 Å². The van der Waals surface area contributed by atoms with E-state index >= 15 is 0 Å². The second-order valence-corrected chi connectivity index (χ2v) is 6.01. The average molecular weight is 352 g/mol. The standard InChI is InChI=1S/C15H14ClN3O5/c1-7(2)24-15(20)11-6-23-14(18-11)10-4-8-3-9(16)5-12(19(21)22)13(8)17-10/h3-5,7,11,17H,6H2,1-2H3. The number of nitrogens with one attached hydrogen (secondary N) is 1. The summed E-state index contributed by atoms with van der Waals surface area (Å²) in [4.78, 5) is 29.6. The molecule has 3 rings (SSSR count). The first-order valence-corrected chi connectivity index (χ1v) is 7.61. The van der Waals surface area contributed by atoms with Gasteiger partial charge in [0.2, 0.25) is 5.90 Å². The molecule has 1 aliphatic heterocycles. The van der Waals surface area contributed by atoms with Gasteiger partial charge in [-0.15, -0.1) is 0 Å². The Bertz CT molecular complexity index is 858. The predicted molar refractivity (Wildman–Crippen MR) is 87.5 cm³/mol. The monoisotopic (exact) mass is 351 g/mol. The summed E-state index contributed by atoms with van der Waals surface area (Å²) in [5, 5.41) is 12.0. The minimum atomic E-state index is -0.743. The fourth-order valence-corrected chi connectivity index (χ4v) is 2.62. The number of aliphatic imine (C=N–C) groups is 1. The van der Waals surface area contributed by atoms with E-state index in [2.05, 4.69) is 9.98 Å². The average Bonchev–Trinajstić information content (AvgIpc) is 3.11. The Kier molecular flexibility index (Phi) is 4.15. The molecule has 126 valence electrons. The fraction of sp³-hybridized carbons (Fsp3) is 0.333. The van der Waals surface area contributed by atoms with Gasteiger partial charge in [-0.2, -0.15) is 0 Å². The maximum Gasteiger partial charge on any atom is 0.334 e. The van der Waals surface area contributed by atoms with E-state index in [1.165, 1.54) is 6.07 Å². The van der Waals surface area contributed by atoms with Gasteiger partial charge in [0.25, 0.3) is 5.69 Å². The second kappa shape index (κ2) is 6.12. The highest BCUT2D eigenvalue weighted by Gasteiger charge is 2.29. The number of nitrogens with zero attached hydrogens (tertiary/aromatic N) is 2.